The summed E-state index contributed by atoms with van der Waals surface area (Å²) >= 11 is 1.67. The predicted molar refractivity (Wildman–Crippen MR) is 131 cm³/mol. The molecule has 168 valence electrons. The van der Waals surface area contributed by atoms with Crippen LogP contribution in [0.3, 0.4) is 0 Å². The Morgan fingerprint density at radius 3 is 2.77 bits per heavy atom. The Kier molecular flexibility index (Phi) is 9.06. The van der Waals surface area contributed by atoms with Crippen molar-refractivity contribution in [2.75, 3.05) is 13.1 Å². The third-order valence-electron chi connectivity index (χ3n) is 4.84. The summed E-state index contributed by atoms with van der Waals surface area (Å²) in [5, 5.41) is 13.2. The topological polar surface area (TPSA) is 105 Å². The van der Waals surface area contributed by atoms with Gasteiger partial charge in [0.2, 0.25) is 10.0 Å². The second-order valence-electron chi connectivity index (χ2n) is 7.47. The Bertz CT molecular complexity index is 942. The molecule has 3 rings (SSSR count). The summed E-state index contributed by atoms with van der Waals surface area (Å²) in [5.41, 5.74) is 0. The monoisotopic (exact) mass is 567 g/mol. The van der Waals surface area contributed by atoms with Crippen LogP contribution >= 0.6 is 35.3 Å². The van der Waals surface area contributed by atoms with Crippen LogP contribution in [0.4, 0.5) is 0 Å². The fourth-order valence-electron chi connectivity index (χ4n) is 3.18. The van der Waals surface area contributed by atoms with E-state index in [-0.39, 0.29) is 30.0 Å². The number of nitrogens with one attached hydrogen (secondary N) is 2. The van der Waals surface area contributed by atoms with E-state index in [1.165, 1.54) is 4.88 Å². The molecule has 1 fully saturated rings. The van der Waals surface area contributed by atoms with Crippen LogP contribution in [0.1, 0.15) is 36.8 Å². The minimum atomic E-state index is -3.35. The van der Waals surface area contributed by atoms with Crippen molar-refractivity contribution >= 4 is 51.3 Å². The zero-order valence-corrected chi connectivity index (χ0v) is 21.7. The number of sulfonamides is 1. The lowest BCUT2D eigenvalue weighted by Crippen LogP contribution is -2.43. The maximum absolute atomic E-state index is 12.6. The first-order valence-corrected chi connectivity index (χ1v) is 12.1. The number of hydrogen-bond donors (Lipinski definition) is 2. The van der Waals surface area contributed by atoms with Crippen LogP contribution in [0.5, 0.6) is 0 Å². The standard InChI is InChI=1S/C18H29N7O2S2.HI/c1-13(2)23-29(26,27)16-7-8-25(12-16)18(19-10-15-6-5-9-28-15)20-11-17-22-21-14(3)24(17)4;/h5-6,9,13,16,23H,7-8,10-12H2,1-4H3,(H,19,20);1H. The van der Waals surface area contributed by atoms with Gasteiger partial charge in [-0.15, -0.1) is 45.5 Å². The SMILES string of the molecule is Cc1nnc(CN=C(NCc2cccs2)N2CCC(S(=O)(=O)NC(C)C)C2)n1C.I. The molecule has 2 N–H and O–H groups in total. The maximum Gasteiger partial charge on any atom is 0.216 e. The van der Waals surface area contributed by atoms with Crippen LogP contribution in [0.2, 0.25) is 0 Å². The van der Waals surface area contributed by atoms with E-state index in [9.17, 15) is 8.42 Å². The van der Waals surface area contributed by atoms with Crippen molar-refractivity contribution in [3.63, 3.8) is 0 Å². The van der Waals surface area contributed by atoms with Crippen molar-refractivity contribution in [3.05, 3.63) is 34.0 Å². The highest BCUT2D eigenvalue weighted by molar-refractivity contribution is 14.0. The summed E-state index contributed by atoms with van der Waals surface area (Å²) in [7, 11) is -1.44. The van der Waals surface area contributed by atoms with Crippen molar-refractivity contribution in [2.24, 2.45) is 12.0 Å². The quantitative estimate of drug-likeness (QED) is 0.301. The molecule has 9 nitrogen and oxygen atoms in total. The zero-order chi connectivity index (χ0) is 21.0. The normalized spacial score (nSPS) is 17.4. The van der Waals surface area contributed by atoms with Crippen LogP contribution in [-0.4, -0.2) is 58.4 Å². The van der Waals surface area contributed by atoms with Gasteiger partial charge in [0.25, 0.3) is 0 Å². The Labute approximate surface area is 199 Å². The molecule has 1 atom stereocenters. The molecule has 1 unspecified atom stereocenters. The lowest BCUT2D eigenvalue weighted by Gasteiger charge is -2.22. The maximum atomic E-state index is 12.6. The molecule has 1 aliphatic heterocycles. The fourth-order valence-corrected chi connectivity index (χ4v) is 5.47. The fraction of sp³-hybridized carbons (Fsp3) is 0.611. The molecule has 0 bridgehead atoms. The van der Waals surface area contributed by atoms with Crippen molar-refractivity contribution in [1.29, 1.82) is 0 Å². The lowest BCUT2D eigenvalue weighted by atomic mass is 10.4. The van der Waals surface area contributed by atoms with E-state index in [1.54, 1.807) is 11.3 Å². The molecule has 2 aromatic heterocycles. The molecule has 0 saturated carbocycles. The molecule has 0 spiro atoms. The Balaban J connectivity index is 0.00000320. The van der Waals surface area contributed by atoms with E-state index in [2.05, 4.69) is 26.3 Å². The summed E-state index contributed by atoms with van der Waals surface area (Å²) in [6, 6.07) is 3.96. The number of halogens is 1. The molecule has 0 aromatic carbocycles. The average Bonchev–Trinajstić information content (AvgIpc) is 3.38. The van der Waals surface area contributed by atoms with Crippen molar-refractivity contribution in [2.45, 2.75) is 51.6 Å². The average molecular weight is 568 g/mol. The van der Waals surface area contributed by atoms with Crippen molar-refractivity contribution in [1.82, 2.24) is 29.7 Å². The molecule has 12 heteroatoms. The molecule has 0 amide bonds. The first-order chi connectivity index (χ1) is 13.8. The van der Waals surface area contributed by atoms with Gasteiger partial charge in [-0.2, -0.15) is 0 Å². The van der Waals surface area contributed by atoms with Crippen LogP contribution in [0, 0.1) is 6.92 Å². The lowest BCUT2D eigenvalue weighted by molar-refractivity contribution is 0.487. The van der Waals surface area contributed by atoms with Gasteiger partial charge in [-0.3, -0.25) is 0 Å². The largest absolute Gasteiger partial charge is 0.351 e. The van der Waals surface area contributed by atoms with Crippen molar-refractivity contribution in [3.8, 4) is 0 Å². The number of rotatable bonds is 7. The van der Waals surface area contributed by atoms with E-state index in [0.717, 1.165) is 11.6 Å². The molecule has 1 aliphatic rings. The van der Waals surface area contributed by atoms with Gasteiger partial charge in [0, 0.05) is 31.1 Å². The first kappa shape index (κ1) is 25.0. The molecule has 0 radical (unpaired) electrons. The number of aromatic nitrogens is 3. The molecule has 0 aliphatic carbocycles. The Morgan fingerprint density at radius 1 is 1.40 bits per heavy atom. The smallest absolute Gasteiger partial charge is 0.216 e. The predicted octanol–water partition coefficient (Wildman–Crippen LogP) is 1.85. The zero-order valence-electron chi connectivity index (χ0n) is 17.7. The number of guanidine groups is 1. The number of hydrogen-bond acceptors (Lipinski definition) is 6. The minimum Gasteiger partial charge on any atom is -0.351 e. The Hall–Kier alpha value is -1.25. The molecule has 30 heavy (non-hydrogen) atoms. The Morgan fingerprint density at radius 2 is 2.17 bits per heavy atom. The molecular weight excluding hydrogens is 537 g/mol. The number of nitrogens with zero attached hydrogens (tertiary/aromatic N) is 5. The van der Waals surface area contributed by atoms with Gasteiger partial charge >= 0.3 is 0 Å². The second kappa shape index (κ2) is 10.9. The highest BCUT2D eigenvalue weighted by atomic mass is 127. The third-order valence-corrected chi connectivity index (χ3v) is 7.78. The van der Waals surface area contributed by atoms with Crippen LogP contribution in [0.15, 0.2) is 22.5 Å². The van der Waals surface area contributed by atoms with E-state index in [4.69, 9.17) is 4.99 Å². The van der Waals surface area contributed by atoms with Crippen LogP contribution < -0.4 is 10.0 Å². The van der Waals surface area contributed by atoms with E-state index in [1.807, 2.05) is 48.7 Å². The van der Waals surface area contributed by atoms with Gasteiger partial charge < -0.3 is 14.8 Å². The number of thiophene rings is 1. The van der Waals surface area contributed by atoms with E-state index in [0.29, 0.717) is 38.6 Å². The molecule has 3 heterocycles. The van der Waals surface area contributed by atoms with Crippen molar-refractivity contribution < 1.29 is 8.42 Å². The summed E-state index contributed by atoms with van der Waals surface area (Å²) in [5.74, 6) is 2.29. The molecule has 1 saturated heterocycles. The first-order valence-electron chi connectivity index (χ1n) is 9.68. The number of aryl methyl sites for hydroxylation is 1. The third kappa shape index (κ3) is 6.37. The highest BCUT2D eigenvalue weighted by Crippen LogP contribution is 2.18. The summed E-state index contributed by atoms with van der Waals surface area (Å²) in [6.07, 6.45) is 0.574. The van der Waals surface area contributed by atoms with Gasteiger partial charge in [0.15, 0.2) is 11.8 Å². The number of likely N-dealkylation sites (tertiary alicyclic amines) is 1. The van der Waals surface area contributed by atoms with Gasteiger partial charge in [-0.25, -0.2) is 18.1 Å². The summed E-state index contributed by atoms with van der Waals surface area (Å²) in [6.45, 7) is 7.64. The van der Waals surface area contributed by atoms with Crippen LogP contribution in [0.25, 0.3) is 0 Å². The van der Waals surface area contributed by atoms with Gasteiger partial charge in [-0.05, 0) is 38.6 Å². The second-order valence-corrected chi connectivity index (χ2v) is 10.5. The molecular formula is C18H30IN7O2S2. The summed E-state index contributed by atoms with van der Waals surface area (Å²) < 4.78 is 29.7. The summed E-state index contributed by atoms with van der Waals surface area (Å²) in [4.78, 5) is 7.93. The van der Waals surface area contributed by atoms with Crippen LogP contribution in [-0.2, 0) is 30.2 Å². The minimum absolute atomic E-state index is 0. The molecule has 2 aromatic rings. The highest BCUT2D eigenvalue weighted by Gasteiger charge is 2.34. The van der Waals surface area contributed by atoms with Gasteiger partial charge in [0.05, 0.1) is 11.8 Å². The van der Waals surface area contributed by atoms with E-state index >= 15 is 0 Å². The van der Waals surface area contributed by atoms with Gasteiger partial charge in [0.1, 0.15) is 12.4 Å². The van der Waals surface area contributed by atoms with E-state index < -0.39 is 15.3 Å². The number of aliphatic imine (C=N–C) groups is 1. The van der Waals surface area contributed by atoms with Gasteiger partial charge in [-0.1, -0.05) is 6.07 Å².